The van der Waals surface area contributed by atoms with E-state index in [1.165, 1.54) is 11.3 Å². The topological polar surface area (TPSA) is 53.4 Å². The maximum absolute atomic E-state index is 12.6. The molecule has 1 amide bonds. The average molecular weight is 418 g/mol. The molecule has 6 heteroatoms. The molecule has 0 aliphatic carbocycles. The van der Waals surface area contributed by atoms with Gasteiger partial charge in [0.2, 0.25) is 5.91 Å². The minimum Gasteiger partial charge on any atom is -0.369 e. The number of carbonyl (C=O) groups is 1. The average Bonchev–Trinajstić information content (AvgIpc) is 3.06. The number of aromatic nitrogens is 2. The van der Waals surface area contributed by atoms with Crippen LogP contribution in [0.15, 0.2) is 60.7 Å². The summed E-state index contributed by atoms with van der Waals surface area (Å²) in [5.74, 6) is 0.0720. The Balaban J connectivity index is 1.27. The van der Waals surface area contributed by atoms with Crippen LogP contribution in [0.4, 0.5) is 5.69 Å². The Labute approximate surface area is 184 Å². The molecule has 1 N–H and O–H groups in total. The van der Waals surface area contributed by atoms with Crippen LogP contribution in [-0.4, -0.2) is 53.3 Å². The molecule has 4 rings (SSSR count). The fourth-order valence-corrected chi connectivity index (χ4v) is 4.15. The summed E-state index contributed by atoms with van der Waals surface area (Å²) in [6.07, 6.45) is 0. The van der Waals surface area contributed by atoms with Crippen molar-refractivity contribution < 1.29 is 4.79 Å². The molecule has 3 aromatic rings. The highest BCUT2D eigenvalue weighted by molar-refractivity contribution is 5.78. The van der Waals surface area contributed by atoms with E-state index in [0.717, 1.165) is 49.7 Å². The Morgan fingerprint density at radius 1 is 0.935 bits per heavy atom. The Bertz CT molecular complexity index is 992. The third-order valence-corrected chi connectivity index (χ3v) is 6.03. The van der Waals surface area contributed by atoms with Crippen molar-refractivity contribution in [1.82, 2.24) is 20.0 Å². The fourth-order valence-electron chi connectivity index (χ4n) is 4.15. The number of hydrogen-bond acceptors (Lipinski definition) is 4. The van der Waals surface area contributed by atoms with E-state index in [-0.39, 0.29) is 5.91 Å². The van der Waals surface area contributed by atoms with Crippen molar-refractivity contribution in [3.05, 3.63) is 83.2 Å². The second-order valence-electron chi connectivity index (χ2n) is 8.17. The van der Waals surface area contributed by atoms with Crippen LogP contribution in [0.5, 0.6) is 0 Å². The van der Waals surface area contributed by atoms with Gasteiger partial charge in [0.15, 0.2) is 0 Å². The van der Waals surface area contributed by atoms with Crippen LogP contribution in [-0.2, 0) is 17.9 Å². The van der Waals surface area contributed by atoms with Crippen molar-refractivity contribution in [1.29, 1.82) is 0 Å². The molecule has 0 radical (unpaired) electrons. The summed E-state index contributed by atoms with van der Waals surface area (Å²) in [6.45, 7) is 9.49. The molecule has 1 aliphatic heterocycles. The number of nitrogens with zero attached hydrogens (tertiary/aromatic N) is 4. The Morgan fingerprint density at radius 2 is 1.58 bits per heavy atom. The molecule has 1 aliphatic rings. The number of rotatable bonds is 7. The van der Waals surface area contributed by atoms with Gasteiger partial charge in [-0.3, -0.25) is 14.4 Å². The van der Waals surface area contributed by atoms with Crippen molar-refractivity contribution in [2.45, 2.75) is 26.9 Å². The zero-order valence-electron chi connectivity index (χ0n) is 18.4. The van der Waals surface area contributed by atoms with Gasteiger partial charge >= 0.3 is 0 Å². The van der Waals surface area contributed by atoms with Gasteiger partial charge in [0, 0.05) is 49.7 Å². The lowest BCUT2D eigenvalue weighted by atomic mass is 10.2. The van der Waals surface area contributed by atoms with Gasteiger partial charge in [0.05, 0.1) is 18.8 Å². The molecule has 31 heavy (non-hydrogen) atoms. The molecule has 162 valence electrons. The minimum atomic E-state index is 0.0720. The van der Waals surface area contributed by atoms with Crippen molar-refractivity contribution >= 4 is 11.6 Å². The normalized spacial score (nSPS) is 14.6. The lowest BCUT2D eigenvalue weighted by Crippen LogP contribution is -2.49. The van der Waals surface area contributed by atoms with E-state index in [4.69, 9.17) is 0 Å². The van der Waals surface area contributed by atoms with Gasteiger partial charge in [0.1, 0.15) is 0 Å². The summed E-state index contributed by atoms with van der Waals surface area (Å²) < 4.78 is 2.02. The number of anilines is 1. The predicted molar refractivity (Wildman–Crippen MR) is 124 cm³/mol. The van der Waals surface area contributed by atoms with Crippen LogP contribution in [0.2, 0.25) is 0 Å². The highest BCUT2D eigenvalue weighted by Gasteiger charge is 2.19. The second-order valence-corrected chi connectivity index (χ2v) is 8.17. The zero-order chi connectivity index (χ0) is 21.6. The number of amides is 1. The molecular formula is C25H31N5O. The number of para-hydroxylation sites is 1. The highest BCUT2D eigenvalue weighted by atomic mass is 16.2. The van der Waals surface area contributed by atoms with Gasteiger partial charge in [0.25, 0.3) is 0 Å². The van der Waals surface area contributed by atoms with Gasteiger partial charge < -0.3 is 10.2 Å². The van der Waals surface area contributed by atoms with Crippen molar-refractivity contribution in [3.63, 3.8) is 0 Å². The first-order valence-corrected chi connectivity index (χ1v) is 11.0. The lowest BCUT2D eigenvalue weighted by molar-refractivity contribution is -0.122. The van der Waals surface area contributed by atoms with Crippen LogP contribution in [0.3, 0.4) is 0 Å². The van der Waals surface area contributed by atoms with Crippen molar-refractivity contribution in [2.75, 3.05) is 37.6 Å². The molecule has 2 aromatic carbocycles. The first-order valence-electron chi connectivity index (χ1n) is 11.0. The Hall–Kier alpha value is -3.12. The number of aryl methyl sites for hydroxylation is 1. The summed E-state index contributed by atoms with van der Waals surface area (Å²) >= 11 is 0. The first-order chi connectivity index (χ1) is 15.1. The van der Waals surface area contributed by atoms with E-state index in [9.17, 15) is 4.79 Å². The molecule has 0 atom stereocenters. The van der Waals surface area contributed by atoms with E-state index >= 15 is 0 Å². The lowest BCUT2D eigenvalue weighted by Gasteiger charge is -2.35. The van der Waals surface area contributed by atoms with Crippen LogP contribution >= 0.6 is 0 Å². The first kappa shape index (κ1) is 21.1. The third kappa shape index (κ3) is 5.33. The van der Waals surface area contributed by atoms with Gasteiger partial charge in [-0.15, -0.1) is 0 Å². The van der Waals surface area contributed by atoms with E-state index in [1.54, 1.807) is 0 Å². The maximum atomic E-state index is 12.6. The number of carbonyl (C=O) groups excluding carboxylic acids is 1. The summed E-state index contributed by atoms with van der Waals surface area (Å²) in [5.41, 5.74) is 5.67. The quantitative estimate of drug-likeness (QED) is 0.642. The van der Waals surface area contributed by atoms with Gasteiger partial charge in [-0.25, -0.2) is 0 Å². The highest BCUT2D eigenvalue weighted by Crippen LogP contribution is 2.16. The van der Waals surface area contributed by atoms with E-state index < -0.39 is 0 Å². The zero-order valence-corrected chi connectivity index (χ0v) is 18.4. The third-order valence-electron chi connectivity index (χ3n) is 6.03. The standard InChI is InChI=1S/C25H31N5O/c1-20-24(21(2)30(27-20)18-22-9-5-3-6-10-22)17-26-25(31)19-28-13-15-29(16-14-28)23-11-7-4-8-12-23/h3-12H,13-19H2,1-2H3,(H,26,31). The maximum Gasteiger partial charge on any atom is 0.234 e. The monoisotopic (exact) mass is 417 g/mol. The molecule has 0 unspecified atom stereocenters. The summed E-state index contributed by atoms with van der Waals surface area (Å²) in [6, 6.07) is 20.8. The molecule has 2 heterocycles. The molecule has 0 bridgehead atoms. The molecule has 1 saturated heterocycles. The van der Waals surface area contributed by atoms with Crippen molar-refractivity contribution in [2.24, 2.45) is 0 Å². The molecule has 0 spiro atoms. The summed E-state index contributed by atoms with van der Waals surface area (Å²) in [4.78, 5) is 17.2. The Morgan fingerprint density at radius 3 is 2.26 bits per heavy atom. The fraction of sp³-hybridized carbons (Fsp3) is 0.360. The SMILES string of the molecule is Cc1nn(Cc2ccccc2)c(C)c1CNC(=O)CN1CCN(c2ccccc2)CC1. The van der Waals surface area contributed by atoms with Gasteiger partial charge in [-0.05, 0) is 31.5 Å². The largest absolute Gasteiger partial charge is 0.369 e. The summed E-state index contributed by atoms with van der Waals surface area (Å²) in [7, 11) is 0. The minimum absolute atomic E-state index is 0.0720. The number of benzene rings is 2. The van der Waals surface area contributed by atoms with Crippen LogP contribution in [0, 0.1) is 13.8 Å². The van der Waals surface area contributed by atoms with Crippen LogP contribution in [0.1, 0.15) is 22.5 Å². The van der Waals surface area contributed by atoms with Crippen LogP contribution < -0.4 is 10.2 Å². The van der Waals surface area contributed by atoms with E-state index in [2.05, 4.69) is 63.5 Å². The van der Waals surface area contributed by atoms with Gasteiger partial charge in [-0.2, -0.15) is 5.10 Å². The number of nitrogens with one attached hydrogen (secondary N) is 1. The molecule has 6 nitrogen and oxygen atoms in total. The number of hydrogen-bond donors (Lipinski definition) is 1. The molecule has 0 saturated carbocycles. The second kappa shape index (κ2) is 9.79. The summed E-state index contributed by atoms with van der Waals surface area (Å²) in [5, 5.41) is 7.79. The van der Waals surface area contributed by atoms with Crippen molar-refractivity contribution in [3.8, 4) is 0 Å². The van der Waals surface area contributed by atoms with Gasteiger partial charge in [-0.1, -0.05) is 48.5 Å². The van der Waals surface area contributed by atoms with Crippen LogP contribution in [0.25, 0.3) is 0 Å². The van der Waals surface area contributed by atoms with E-state index in [1.807, 2.05) is 35.9 Å². The predicted octanol–water partition coefficient (Wildman–Crippen LogP) is 2.99. The molecule has 1 aromatic heterocycles. The van der Waals surface area contributed by atoms with E-state index in [0.29, 0.717) is 13.1 Å². The number of piperazine rings is 1. The molecular weight excluding hydrogens is 386 g/mol. The molecule has 1 fully saturated rings. The smallest absolute Gasteiger partial charge is 0.234 e. The Kier molecular flexibility index (Phi) is 6.67.